The second-order valence-electron chi connectivity index (χ2n) is 8.48. The summed E-state index contributed by atoms with van der Waals surface area (Å²) in [6, 6.07) is 5.75. The molecule has 5 rings (SSSR count). The molecule has 0 aliphatic carbocycles. The molecule has 0 unspecified atom stereocenters. The van der Waals surface area contributed by atoms with Gasteiger partial charge in [-0.3, -0.25) is 19.3 Å². The monoisotopic (exact) mass is 523 g/mol. The van der Waals surface area contributed by atoms with Crippen LogP contribution < -0.4 is 10.4 Å². The van der Waals surface area contributed by atoms with E-state index in [0.29, 0.717) is 20.9 Å². The third-order valence-corrected chi connectivity index (χ3v) is 7.52. The predicted octanol–water partition coefficient (Wildman–Crippen LogP) is 4.53. The first kappa shape index (κ1) is 24.2. The lowest BCUT2D eigenvalue weighted by molar-refractivity contribution is -0.173. The molecule has 12 heteroatoms. The zero-order valence-electron chi connectivity index (χ0n) is 18.6. The molecule has 6 nitrogen and oxygen atoms in total. The van der Waals surface area contributed by atoms with Gasteiger partial charge in [-0.2, -0.15) is 13.2 Å². The van der Waals surface area contributed by atoms with Crippen molar-refractivity contribution in [2.75, 3.05) is 11.7 Å². The minimum Gasteiger partial charge on any atom is -0.502 e. The van der Waals surface area contributed by atoms with Gasteiger partial charge in [0.2, 0.25) is 5.43 Å². The maximum absolute atomic E-state index is 15.4. The van der Waals surface area contributed by atoms with Gasteiger partial charge in [0.15, 0.2) is 11.4 Å². The Hall–Kier alpha value is -3.54. The van der Waals surface area contributed by atoms with Crippen molar-refractivity contribution in [1.82, 2.24) is 9.58 Å². The highest BCUT2D eigenvalue weighted by molar-refractivity contribution is 7.98. The number of amides is 1. The number of pyridine rings is 1. The molecule has 1 amide bonds. The molecule has 2 atom stereocenters. The second kappa shape index (κ2) is 8.54. The highest BCUT2D eigenvalue weighted by atomic mass is 32.2. The Balaban J connectivity index is 1.81. The summed E-state index contributed by atoms with van der Waals surface area (Å²) in [6.07, 6.45) is -3.68. The van der Waals surface area contributed by atoms with Crippen molar-refractivity contribution in [3.63, 3.8) is 0 Å². The van der Waals surface area contributed by atoms with E-state index in [1.807, 2.05) is 0 Å². The molecule has 1 aromatic heterocycles. The molecule has 2 aliphatic rings. The first-order valence-electron chi connectivity index (χ1n) is 10.8. The van der Waals surface area contributed by atoms with Crippen LogP contribution in [0.2, 0.25) is 0 Å². The Labute approximate surface area is 205 Å². The largest absolute Gasteiger partial charge is 0.502 e. The molecular formula is C24H18F5N3O3S. The summed E-state index contributed by atoms with van der Waals surface area (Å²) in [5.74, 6) is -3.16. The van der Waals surface area contributed by atoms with Crippen molar-refractivity contribution in [2.24, 2.45) is 0 Å². The maximum atomic E-state index is 15.4. The topological polar surface area (TPSA) is 65.8 Å². The summed E-state index contributed by atoms with van der Waals surface area (Å²) >= 11 is 1.24. The van der Waals surface area contributed by atoms with E-state index in [4.69, 9.17) is 0 Å². The molecule has 3 heterocycles. The standard InChI is InChI=1S/C24H18F5N3O3S/c1-12(24(27,28)29)30-11-32(31-8-7-17(33)22(34)21(31)23(30)35)20-15-6-5-14(25)9-18(15)36-10-13-3-2-4-16(26)19(13)20/h2-9,12,20,34H,10-11H2,1H3/t12-,20-/m1/s1. The number of aromatic hydroxyl groups is 1. The normalized spacial score (nSPS) is 18.3. The summed E-state index contributed by atoms with van der Waals surface area (Å²) in [7, 11) is 0. The number of hydrogen-bond donors (Lipinski definition) is 1. The van der Waals surface area contributed by atoms with Gasteiger partial charge in [0, 0.05) is 28.5 Å². The summed E-state index contributed by atoms with van der Waals surface area (Å²) in [4.78, 5) is 26.2. The molecular weight excluding hydrogens is 505 g/mol. The number of halogens is 5. The first-order valence-corrected chi connectivity index (χ1v) is 11.8. The molecule has 1 N–H and O–H groups in total. The Kier molecular flexibility index (Phi) is 5.73. The number of aromatic nitrogens is 1. The number of nitrogens with zero attached hydrogens (tertiary/aromatic N) is 3. The van der Waals surface area contributed by atoms with Gasteiger partial charge >= 0.3 is 6.18 Å². The number of rotatable bonds is 2. The van der Waals surface area contributed by atoms with Crippen LogP contribution >= 0.6 is 11.8 Å². The molecule has 2 aromatic carbocycles. The van der Waals surface area contributed by atoms with Gasteiger partial charge in [-0.15, -0.1) is 11.8 Å². The summed E-state index contributed by atoms with van der Waals surface area (Å²) in [5.41, 5.74) is -0.581. The van der Waals surface area contributed by atoms with Gasteiger partial charge in [-0.25, -0.2) is 8.78 Å². The van der Waals surface area contributed by atoms with E-state index in [1.165, 1.54) is 41.0 Å². The van der Waals surface area contributed by atoms with Crippen LogP contribution in [0.25, 0.3) is 0 Å². The van der Waals surface area contributed by atoms with Crippen LogP contribution in [0.15, 0.2) is 58.4 Å². The predicted molar refractivity (Wildman–Crippen MR) is 121 cm³/mol. The number of thioether (sulfide) groups is 1. The van der Waals surface area contributed by atoms with E-state index in [2.05, 4.69) is 0 Å². The number of carbonyl (C=O) groups excluding carboxylic acids is 1. The zero-order chi connectivity index (χ0) is 25.9. The van der Waals surface area contributed by atoms with E-state index in [-0.39, 0.29) is 11.3 Å². The number of hydrogen-bond acceptors (Lipinski definition) is 5. The van der Waals surface area contributed by atoms with Crippen molar-refractivity contribution < 1.29 is 31.9 Å². The second-order valence-corrected chi connectivity index (χ2v) is 9.50. The van der Waals surface area contributed by atoms with Crippen LogP contribution in [-0.4, -0.2) is 39.5 Å². The quantitative estimate of drug-likeness (QED) is 0.501. The highest BCUT2D eigenvalue weighted by Gasteiger charge is 2.48. The van der Waals surface area contributed by atoms with E-state index < -0.39 is 59.3 Å². The van der Waals surface area contributed by atoms with Gasteiger partial charge in [0.1, 0.15) is 30.4 Å². The summed E-state index contributed by atoms with van der Waals surface area (Å²) in [5, 5.41) is 11.7. The Morgan fingerprint density at radius 1 is 1.11 bits per heavy atom. The summed E-state index contributed by atoms with van der Waals surface area (Å²) < 4.78 is 71.8. The van der Waals surface area contributed by atoms with E-state index in [0.717, 1.165) is 29.9 Å². The molecule has 0 saturated heterocycles. The van der Waals surface area contributed by atoms with Crippen molar-refractivity contribution in [2.45, 2.75) is 35.8 Å². The average molecular weight is 523 g/mol. The fraction of sp³-hybridized carbons (Fsp3) is 0.250. The smallest absolute Gasteiger partial charge is 0.408 e. The Morgan fingerprint density at radius 3 is 2.58 bits per heavy atom. The molecule has 0 saturated carbocycles. The number of alkyl halides is 3. The van der Waals surface area contributed by atoms with E-state index in [1.54, 1.807) is 6.07 Å². The fourth-order valence-electron chi connectivity index (χ4n) is 4.53. The van der Waals surface area contributed by atoms with Crippen molar-refractivity contribution in [3.05, 3.63) is 92.9 Å². The zero-order valence-corrected chi connectivity index (χ0v) is 19.4. The Bertz CT molecular complexity index is 1440. The van der Waals surface area contributed by atoms with Gasteiger partial charge in [0.25, 0.3) is 5.91 Å². The molecule has 0 bridgehead atoms. The molecule has 0 radical (unpaired) electrons. The lowest BCUT2D eigenvalue weighted by atomic mass is 9.93. The molecule has 2 aliphatic heterocycles. The SMILES string of the molecule is C[C@@H](N1CN([C@@H]2c3ccc(F)cc3SCc3cccc(F)c32)n2ccc(=O)c(O)c2C1=O)C(F)(F)F. The minimum atomic E-state index is -4.82. The van der Waals surface area contributed by atoms with E-state index in [9.17, 15) is 32.3 Å². The van der Waals surface area contributed by atoms with Gasteiger partial charge in [-0.1, -0.05) is 18.2 Å². The molecule has 188 valence electrons. The number of carbonyl (C=O) groups is 1. The third-order valence-electron chi connectivity index (χ3n) is 6.40. The summed E-state index contributed by atoms with van der Waals surface area (Å²) in [6.45, 7) is 0.124. The highest BCUT2D eigenvalue weighted by Crippen LogP contribution is 2.44. The van der Waals surface area contributed by atoms with Crippen molar-refractivity contribution in [3.8, 4) is 5.75 Å². The molecule has 36 heavy (non-hydrogen) atoms. The number of benzene rings is 2. The van der Waals surface area contributed by atoms with Crippen molar-refractivity contribution in [1.29, 1.82) is 0 Å². The Morgan fingerprint density at radius 2 is 1.86 bits per heavy atom. The average Bonchev–Trinajstić information content (AvgIpc) is 2.98. The lowest BCUT2D eigenvalue weighted by Gasteiger charge is -2.46. The van der Waals surface area contributed by atoms with Gasteiger partial charge < -0.3 is 10.0 Å². The number of fused-ring (bicyclic) bond motifs is 3. The van der Waals surface area contributed by atoms with Crippen LogP contribution in [0, 0.1) is 11.6 Å². The first-order chi connectivity index (χ1) is 17.0. The molecule has 3 aromatic rings. The van der Waals surface area contributed by atoms with Crippen LogP contribution in [0.3, 0.4) is 0 Å². The van der Waals surface area contributed by atoms with Gasteiger partial charge in [0.05, 0.1) is 0 Å². The van der Waals surface area contributed by atoms with E-state index >= 15 is 4.39 Å². The van der Waals surface area contributed by atoms with Crippen LogP contribution in [0.1, 0.15) is 40.1 Å². The molecule has 0 fully saturated rings. The fourth-order valence-corrected chi connectivity index (χ4v) is 5.63. The maximum Gasteiger partial charge on any atom is 0.408 e. The minimum absolute atomic E-state index is 0.133. The lowest BCUT2D eigenvalue weighted by Crippen LogP contribution is -2.60. The molecule has 0 spiro atoms. The van der Waals surface area contributed by atoms with Crippen LogP contribution in [0.4, 0.5) is 22.0 Å². The van der Waals surface area contributed by atoms with Crippen molar-refractivity contribution >= 4 is 17.7 Å². The van der Waals surface area contributed by atoms with Gasteiger partial charge in [-0.05, 0) is 36.2 Å². The third kappa shape index (κ3) is 3.80. The van der Waals surface area contributed by atoms with Crippen LogP contribution in [-0.2, 0) is 5.75 Å². The van der Waals surface area contributed by atoms with Crippen LogP contribution in [0.5, 0.6) is 5.75 Å².